The van der Waals surface area contributed by atoms with Gasteiger partial charge in [0, 0.05) is 6.42 Å². The van der Waals surface area contributed by atoms with Crippen LogP contribution in [0.2, 0.25) is 0 Å². The van der Waals surface area contributed by atoms with Crippen molar-refractivity contribution in [2.24, 2.45) is 46.3 Å². The van der Waals surface area contributed by atoms with E-state index in [-0.39, 0.29) is 6.10 Å². The molecule has 154 valence electrons. The Morgan fingerprint density at radius 2 is 1.70 bits per heavy atom. The summed E-state index contributed by atoms with van der Waals surface area (Å²) in [5.41, 5.74) is 0.882. The summed E-state index contributed by atoms with van der Waals surface area (Å²) in [5.74, 6) is 3.91. The normalized spacial score (nSPS) is 50.4. The molecule has 4 rings (SSSR count). The molecular formula is C24H40O3. The highest BCUT2D eigenvalue weighted by molar-refractivity contribution is 5.66. The number of aliphatic carboxylic acids is 1. The smallest absolute Gasteiger partial charge is 0.303 e. The van der Waals surface area contributed by atoms with Crippen molar-refractivity contribution in [2.45, 2.75) is 97.5 Å². The van der Waals surface area contributed by atoms with Crippen LogP contribution in [0.5, 0.6) is 0 Å². The molecule has 2 N–H and O–H groups in total. The second-order valence-corrected chi connectivity index (χ2v) is 11.2. The largest absolute Gasteiger partial charge is 0.481 e. The van der Waals surface area contributed by atoms with Crippen LogP contribution in [0.3, 0.4) is 0 Å². The summed E-state index contributed by atoms with van der Waals surface area (Å²) in [6.45, 7) is 7.43. The predicted octanol–water partition coefficient (Wildman–Crippen LogP) is 5.51. The van der Waals surface area contributed by atoms with Crippen molar-refractivity contribution in [3.63, 3.8) is 0 Å². The number of fused-ring (bicyclic) bond motifs is 5. The number of carbonyl (C=O) groups is 1. The minimum atomic E-state index is -0.643. The van der Waals surface area contributed by atoms with Crippen LogP contribution in [-0.4, -0.2) is 22.3 Å². The number of carboxylic acid groups (broad SMARTS) is 1. The van der Waals surface area contributed by atoms with Crippen LogP contribution in [0.15, 0.2) is 0 Å². The summed E-state index contributed by atoms with van der Waals surface area (Å²) in [6, 6.07) is 0. The van der Waals surface area contributed by atoms with E-state index in [2.05, 4.69) is 20.8 Å². The van der Waals surface area contributed by atoms with Crippen LogP contribution in [0.1, 0.15) is 91.4 Å². The first-order valence-corrected chi connectivity index (χ1v) is 11.7. The van der Waals surface area contributed by atoms with E-state index in [0.717, 1.165) is 42.9 Å². The Morgan fingerprint density at radius 3 is 2.44 bits per heavy atom. The van der Waals surface area contributed by atoms with Gasteiger partial charge in [-0.2, -0.15) is 0 Å². The lowest BCUT2D eigenvalue weighted by Gasteiger charge is -2.61. The van der Waals surface area contributed by atoms with Crippen molar-refractivity contribution >= 4 is 5.97 Å². The second kappa shape index (κ2) is 7.04. The number of aliphatic hydroxyl groups is 1. The van der Waals surface area contributed by atoms with Gasteiger partial charge in [0.25, 0.3) is 0 Å². The van der Waals surface area contributed by atoms with Crippen molar-refractivity contribution in [1.29, 1.82) is 0 Å². The summed E-state index contributed by atoms with van der Waals surface area (Å²) in [7, 11) is 0. The van der Waals surface area contributed by atoms with Crippen molar-refractivity contribution in [1.82, 2.24) is 0 Å². The lowest BCUT2D eigenvalue weighted by atomic mass is 9.44. The van der Waals surface area contributed by atoms with Crippen LogP contribution in [0.4, 0.5) is 0 Å². The Hall–Kier alpha value is -0.570. The Kier molecular flexibility index (Phi) is 5.15. The van der Waals surface area contributed by atoms with Gasteiger partial charge in [-0.25, -0.2) is 0 Å². The molecule has 4 fully saturated rings. The van der Waals surface area contributed by atoms with Gasteiger partial charge in [-0.1, -0.05) is 20.8 Å². The van der Waals surface area contributed by atoms with Gasteiger partial charge in [0.05, 0.1) is 6.10 Å². The van der Waals surface area contributed by atoms with E-state index in [9.17, 15) is 9.90 Å². The number of hydrogen-bond acceptors (Lipinski definition) is 2. The average Bonchev–Trinajstić information content (AvgIpc) is 2.97. The van der Waals surface area contributed by atoms with E-state index in [1.165, 1.54) is 44.9 Å². The molecule has 0 radical (unpaired) electrons. The molecule has 4 aliphatic rings. The lowest BCUT2D eigenvalue weighted by molar-refractivity contribution is -0.138. The van der Waals surface area contributed by atoms with Crippen LogP contribution in [0.25, 0.3) is 0 Å². The topological polar surface area (TPSA) is 57.5 Å². The quantitative estimate of drug-likeness (QED) is 0.680. The van der Waals surface area contributed by atoms with Gasteiger partial charge >= 0.3 is 5.97 Å². The summed E-state index contributed by atoms with van der Waals surface area (Å²) in [4.78, 5) is 11.0. The van der Waals surface area contributed by atoms with Crippen molar-refractivity contribution in [3.8, 4) is 0 Å². The highest BCUT2D eigenvalue weighted by atomic mass is 16.4. The third-order valence-corrected chi connectivity index (χ3v) is 10.2. The zero-order chi connectivity index (χ0) is 19.4. The van der Waals surface area contributed by atoms with Crippen LogP contribution in [-0.2, 0) is 4.79 Å². The maximum Gasteiger partial charge on any atom is 0.303 e. The number of aliphatic hydroxyl groups excluding tert-OH is 1. The first kappa shape index (κ1) is 19.7. The molecule has 0 saturated heterocycles. The molecule has 5 unspecified atom stereocenters. The fraction of sp³-hybridized carbons (Fsp3) is 0.958. The minimum Gasteiger partial charge on any atom is -0.481 e. The molecule has 0 aromatic heterocycles. The first-order valence-electron chi connectivity index (χ1n) is 11.7. The van der Waals surface area contributed by atoms with Crippen LogP contribution < -0.4 is 0 Å². The highest BCUT2D eigenvalue weighted by Crippen LogP contribution is 2.68. The van der Waals surface area contributed by atoms with Crippen LogP contribution in [0, 0.1) is 46.3 Å². The summed E-state index contributed by atoms with van der Waals surface area (Å²) >= 11 is 0. The van der Waals surface area contributed by atoms with Crippen LogP contribution >= 0.6 is 0 Å². The molecule has 27 heavy (non-hydrogen) atoms. The van der Waals surface area contributed by atoms with E-state index in [4.69, 9.17) is 5.11 Å². The fourth-order valence-electron chi connectivity index (χ4n) is 8.76. The van der Waals surface area contributed by atoms with Crippen molar-refractivity contribution in [2.75, 3.05) is 0 Å². The third kappa shape index (κ3) is 3.16. The summed E-state index contributed by atoms with van der Waals surface area (Å²) in [6.07, 6.45) is 12.4. The zero-order valence-corrected chi connectivity index (χ0v) is 17.6. The molecular weight excluding hydrogens is 336 g/mol. The van der Waals surface area contributed by atoms with E-state index in [0.29, 0.717) is 29.1 Å². The predicted molar refractivity (Wildman–Crippen MR) is 107 cm³/mol. The SMILES string of the molecule is C[C@H](CCC(=O)O)C1CCC2C3CC[C@@H]4C[C@H](O)CC[C@@]4(C)C3CCC21C. The standard InChI is InChI=1S/C24H40O3/c1-15(4-9-22(26)27)19-7-8-20-18-6-5-16-14-17(25)10-12-23(16,2)21(18)11-13-24(19,20)3/h15-21,25H,4-14H2,1-3H3,(H,26,27)/t15-,16-,17-,18?,19?,20?,21?,23-,24?/m1/s1. The second-order valence-electron chi connectivity index (χ2n) is 11.2. The Labute approximate surface area is 165 Å². The Balaban J connectivity index is 1.51. The van der Waals surface area contributed by atoms with Gasteiger partial charge in [0.15, 0.2) is 0 Å². The Bertz CT molecular complexity index is 574. The number of hydrogen-bond donors (Lipinski definition) is 2. The van der Waals surface area contributed by atoms with Crippen molar-refractivity contribution < 1.29 is 15.0 Å². The first-order chi connectivity index (χ1) is 12.8. The summed E-state index contributed by atoms with van der Waals surface area (Å²) < 4.78 is 0. The molecule has 4 aliphatic carbocycles. The van der Waals surface area contributed by atoms with E-state index < -0.39 is 5.97 Å². The van der Waals surface area contributed by atoms with E-state index >= 15 is 0 Å². The number of rotatable bonds is 4. The Morgan fingerprint density at radius 1 is 1.00 bits per heavy atom. The minimum absolute atomic E-state index is 0.0561. The van der Waals surface area contributed by atoms with E-state index in [1.54, 1.807) is 0 Å². The monoisotopic (exact) mass is 376 g/mol. The molecule has 0 aliphatic heterocycles. The molecule has 0 aromatic carbocycles. The van der Waals surface area contributed by atoms with Gasteiger partial charge in [0.2, 0.25) is 0 Å². The molecule has 4 saturated carbocycles. The molecule has 0 heterocycles. The lowest BCUT2D eigenvalue weighted by Crippen LogP contribution is -2.54. The fourth-order valence-corrected chi connectivity index (χ4v) is 8.76. The summed E-state index contributed by atoms with van der Waals surface area (Å²) in [5, 5.41) is 19.3. The van der Waals surface area contributed by atoms with Gasteiger partial charge in [-0.05, 0) is 111 Å². The maximum atomic E-state index is 11.0. The molecule has 0 amide bonds. The zero-order valence-electron chi connectivity index (χ0n) is 17.6. The van der Waals surface area contributed by atoms with E-state index in [1.807, 2.05) is 0 Å². The molecule has 3 heteroatoms. The molecule has 0 aromatic rings. The van der Waals surface area contributed by atoms with Gasteiger partial charge < -0.3 is 10.2 Å². The average molecular weight is 377 g/mol. The van der Waals surface area contributed by atoms with Crippen molar-refractivity contribution in [3.05, 3.63) is 0 Å². The van der Waals surface area contributed by atoms with Gasteiger partial charge in [0.1, 0.15) is 0 Å². The van der Waals surface area contributed by atoms with Gasteiger partial charge in [-0.3, -0.25) is 4.79 Å². The molecule has 0 spiro atoms. The number of carboxylic acids is 1. The molecule has 9 atom stereocenters. The molecule has 0 bridgehead atoms. The third-order valence-electron chi connectivity index (χ3n) is 10.2. The molecule has 3 nitrogen and oxygen atoms in total. The van der Waals surface area contributed by atoms with Gasteiger partial charge in [-0.15, -0.1) is 0 Å². The maximum absolute atomic E-state index is 11.0. The highest BCUT2D eigenvalue weighted by Gasteiger charge is 2.60.